The molecule has 0 radical (unpaired) electrons. The Hall–Kier alpha value is -2.86. The minimum Gasteiger partial charge on any atom is -0.497 e. The highest BCUT2D eigenvalue weighted by Crippen LogP contribution is 2.33. The second-order valence-corrected chi connectivity index (χ2v) is 5.73. The van der Waals surface area contributed by atoms with Gasteiger partial charge in [-0.05, 0) is 23.8 Å². The van der Waals surface area contributed by atoms with Crippen molar-refractivity contribution in [2.75, 3.05) is 20.8 Å². The lowest BCUT2D eigenvalue weighted by molar-refractivity contribution is -0.139. The van der Waals surface area contributed by atoms with Crippen LogP contribution in [-0.2, 0) is 16.1 Å². The summed E-state index contributed by atoms with van der Waals surface area (Å²) in [6.45, 7) is 0.457. The molecule has 1 N–H and O–H groups in total. The van der Waals surface area contributed by atoms with Crippen LogP contribution in [0.3, 0.4) is 0 Å². The first-order chi connectivity index (χ1) is 12.1. The van der Waals surface area contributed by atoms with Crippen LogP contribution in [0, 0.1) is 0 Å². The second kappa shape index (κ2) is 7.36. The van der Waals surface area contributed by atoms with Crippen LogP contribution >= 0.6 is 0 Å². The van der Waals surface area contributed by atoms with E-state index in [1.807, 2.05) is 42.5 Å². The second-order valence-electron chi connectivity index (χ2n) is 5.73. The molecule has 1 aliphatic rings. The molecule has 6 heteroatoms. The van der Waals surface area contributed by atoms with Gasteiger partial charge in [-0.25, -0.2) is 0 Å². The fraction of sp³-hybridized carbons (Fsp3) is 0.263. The van der Waals surface area contributed by atoms with Crippen LogP contribution in [0.15, 0.2) is 48.5 Å². The van der Waals surface area contributed by atoms with Crippen LogP contribution in [0.5, 0.6) is 5.75 Å². The summed E-state index contributed by atoms with van der Waals surface area (Å²) in [6.07, 6.45) is -0.370. The number of hydrogen-bond acceptors (Lipinski definition) is 5. The van der Waals surface area contributed by atoms with Crippen LogP contribution < -0.4 is 10.1 Å². The van der Waals surface area contributed by atoms with Crippen molar-refractivity contribution in [3.05, 3.63) is 65.2 Å². The van der Waals surface area contributed by atoms with Gasteiger partial charge in [-0.2, -0.15) is 0 Å². The number of esters is 1. The van der Waals surface area contributed by atoms with E-state index in [9.17, 15) is 9.59 Å². The molecular formula is C19H20N2O4. The fourth-order valence-corrected chi connectivity index (χ4v) is 2.93. The van der Waals surface area contributed by atoms with E-state index in [0.717, 1.165) is 16.9 Å². The molecule has 0 aliphatic carbocycles. The Morgan fingerprint density at radius 3 is 2.52 bits per heavy atom. The molecule has 130 valence electrons. The van der Waals surface area contributed by atoms with Crippen molar-refractivity contribution < 1.29 is 19.1 Å². The largest absolute Gasteiger partial charge is 0.497 e. The molecule has 1 aliphatic heterocycles. The predicted octanol–water partition coefficient (Wildman–Crippen LogP) is 2.11. The molecule has 6 nitrogen and oxygen atoms in total. The zero-order chi connectivity index (χ0) is 17.8. The summed E-state index contributed by atoms with van der Waals surface area (Å²) >= 11 is 0. The summed E-state index contributed by atoms with van der Waals surface area (Å²) in [6, 6.07) is 15.0. The van der Waals surface area contributed by atoms with E-state index in [1.165, 1.54) is 7.11 Å². The molecule has 0 bridgehead atoms. The van der Waals surface area contributed by atoms with Crippen LogP contribution in [0.2, 0.25) is 0 Å². The summed E-state index contributed by atoms with van der Waals surface area (Å²) in [5.74, 6) is 0.329. The highest BCUT2D eigenvalue weighted by molar-refractivity contribution is 5.99. The van der Waals surface area contributed by atoms with E-state index >= 15 is 0 Å². The average molecular weight is 340 g/mol. The number of rotatable bonds is 6. The van der Waals surface area contributed by atoms with Gasteiger partial charge in [0.2, 0.25) is 0 Å². The standard InChI is InChI=1S/C19H20N2O4/c1-24-14-9-7-13(8-10-14)12-21-18(20-11-17(22)25-2)15-5-3-4-6-16(15)19(21)23/h3-10,18,20H,11-12H2,1-2H3/t18-/m1/s1. The van der Waals surface area contributed by atoms with Crippen LogP contribution in [0.25, 0.3) is 0 Å². The number of methoxy groups -OCH3 is 2. The molecule has 1 atom stereocenters. The van der Waals surface area contributed by atoms with Crippen molar-refractivity contribution in [2.24, 2.45) is 0 Å². The van der Waals surface area contributed by atoms with E-state index in [2.05, 4.69) is 10.1 Å². The topological polar surface area (TPSA) is 67.9 Å². The van der Waals surface area contributed by atoms with Crippen LogP contribution in [0.1, 0.15) is 27.7 Å². The fourth-order valence-electron chi connectivity index (χ4n) is 2.93. The molecular weight excluding hydrogens is 320 g/mol. The summed E-state index contributed by atoms with van der Waals surface area (Å²) in [5.41, 5.74) is 2.50. The Bertz CT molecular complexity index is 773. The SMILES string of the molecule is COC(=O)CN[C@H]1c2ccccc2C(=O)N1Cc1ccc(OC)cc1. The molecule has 0 fully saturated rings. The Labute approximate surface area is 146 Å². The Balaban J connectivity index is 1.84. The predicted molar refractivity (Wildman–Crippen MR) is 92.1 cm³/mol. The minimum absolute atomic E-state index is 0.0297. The monoisotopic (exact) mass is 340 g/mol. The maximum atomic E-state index is 12.8. The lowest BCUT2D eigenvalue weighted by Gasteiger charge is -2.26. The third-order valence-corrected chi connectivity index (χ3v) is 4.24. The number of hydrogen-bond donors (Lipinski definition) is 1. The number of fused-ring (bicyclic) bond motifs is 1. The quantitative estimate of drug-likeness (QED) is 0.816. The summed E-state index contributed by atoms with van der Waals surface area (Å²) in [7, 11) is 2.95. The molecule has 25 heavy (non-hydrogen) atoms. The number of nitrogens with one attached hydrogen (secondary N) is 1. The molecule has 2 aromatic rings. The molecule has 1 heterocycles. The Morgan fingerprint density at radius 2 is 1.84 bits per heavy atom. The molecule has 3 rings (SSSR count). The van der Waals surface area contributed by atoms with Gasteiger partial charge in [0.15, 0.2) is 0 Å². The summed E-state index contributed by atoms with van der Waals surface area (Å²) in [4.78, 5) is 26.0. The number of carbonyl (C=O) groups excluding carboxylic acids is 2. The van der Waals surface area contributed by atoms with Crippen molar-refractivity contribution in [1.82, 2.24) is 10.2 Å². The number of ether oxygens (including phenoxy) is 2. The maximum absolute atomic E-state index is 12.8. The first-order valence-electron chi connectivity index (χ1n) is 7.97. The van der Waals surface area contributed by atoms with E-state index in [-0.39, 0.29) is 24.6 Å². The molecule has 2 aromatic carbocycles. The van der Waals surface area contributed by atoms with Crippen molar-refractivity contribution >= 4 is 11.9 Å². The van der Waals surface area contributed by atoms with Gasteiger partial charge in [0.05, 0.1) is 20.8 Å². The van der Waals surface area contributed by atoms with Gasteiger partial charge in [0.25, 0.3) is 5.91 Å². The number of amides is 1. The molecule has 0 spiro atoms. The van der Waals surface area contributed by atoms with Crippen molar-refractivity contribution in [3.8, 4) is 5.75 Å². The summed E-state index contributed by atoms with van der Waals surface area (Å²) < 4.78 is 9.85. The zero-order valence-electron chi connectivity index (χ0n) is 14.2. The van der Waals surface area contributed by atoms with Gasteiger partial charge in [-0.1, -0.05) is 30.3 Å². The first-order valence-corrected chi connectivity index (χ1v) is 7.97. The van der Waals surface area contributed by atoms with E-state index in [0.29, 0.717) is 12.1 Å². The van der Waals surface area contributed by atoms with Gasteiger partial charge in [0, 0.05) is 17.7 Å². The lowest BCUT2D eigenvalue weighted by Crippen LogP contribution is -2.38. The van der Waals surface area contributed by atoms with Crippen molar-refractivity contribution in [2.45, 2.75) is 12.7 Å². The molecule has 1 amide bonds. The molecule has 0 unspecified atom stereocenters. The highest BCUT2D eigenvalue weighted by atomic mass is 16.5. The average Bonchev–Trinajstić information content (AvgIpc) is 2.92. The van der Waals surface area contributed by atoms with E-state index in [4.69, 9.17) is 4.74 Å². The van der Waals surface area contributed by atoms with Gasteiger partial charge < -0.3 is 14.4 Å². The third-order valence-electron chi connectivity index (χ3n) is 4.24. The molecule has 0 saturated carbocycles. The van der Waals surface area contributed by atoms with E-state index in [1.54, 1.807) is 18.1 Å². The lowest BCUT2D eigenvalue weighted by atomic mass is 10.1. The number of nitrogens with zero attached hydrogens (tertiary/aromatic N) is 1. The van der Waals surface area contributed by atoms with Crippen molar-refractivity contribution in [1.29, 1.82) is 0 Å². The maximum Gasteiger partial charge on any atom is 0.319 e. The van der Waals surface area contributed by atoms with E-state index < -0.39 is 0 Å². The highest BCUT2D eigenvalue weighted by Gasteiger charge is 2.36. The van der Waals surface area contributed by atoms with Gasteiger partial charge in [0.1, 0.15) is 11.9 Å². The van der Waals surface area contributed by atoms with Crippen LogP contribution in [-0.4, -0.2) is 37.5 Å². The van der Waals surface area contributed by atoms with Gasteiger partial charge in [-0.15, -0.1) is 0 Å². The molecule has 0 saturated heterocycles. The first kappa shape index (κ1) is 17.0. The minimum atomic E-state index is -0.374. The normalized spacial score (nSPS) is 15.8. The van der Waals surface area contributed by atoms with Gasteiger partial charge in [-0.3, -0.25) is 14.9 Å². The van der Waals surface area contributed by atoms with Gasteiger partial charge >= 0.3 is 5.97 Å². The Kier molecular flexibility index (Phi) is 5.00. The van der Waals surface area contributed by atoms with Crippen LogP contribution in [0.4, 0.5) is 0 Å². The number of carbonyl (C=O) groups is 2. The summed E-state index contributed by atoms with van der Waals surface area (Å²) in [5, 5.41) is 3.12. The molecule has 0 aromatic heterocycles. The number of benzene rings is 2. The zero-order valence-corrected chi connectivity index (χ0v) is 14.2. The third kappa shape index (κ3) is 3.49. The smallest absolute Gasteiger partial charge is 0.319 e. The Morgan fingerprint density at radius 1 is 1.12 bits per heavy atom. The van der Waals surface area contributed by atoms with Crippen molar-refractivity contribution in [3.63, 3.8) is 0 Å².